The summed E-state index contributed by atoms with van der Waals surface area (Å²) in [5.41, 5.74) is 1.47. The zero-order valence-corrected chi connectivity index (χ0v) is 16.7. The third kappa shape index (κ3) is 3.09. The summed E-state index contributed by atoms with van der Waals surface area (Å²) in [6, 6.07) is 6.53. The molecule has 1 heterocycles. The molecule has 7 heteroatoms. The van der Waals surface area contributed by atoms with Crippen molar-refractivity contribution < 1.29 is 28.1 Å². The fraction of sp³-hybridized carbons (Fsp3) is 0.286. The largest absolute Gasteiger partial charge is 0.496 e. The molecular weight excluding hydrogens is 364 g/mol. The van der Waals surface area contributed by atoms with E-state index in [1.54, 1.807) is 25.3 Å². The highest BCUT2D eigenvalue weighted by Crippen LogP contribution is 2.42. The smallest absolute Gasteiger partial charge is 0.203 e. The number of benzene rings is 2. The highest BCUT2D eigenvalue weighted by molar-refractivity contribution is 5.89. The van der Waals surface area contributed by atoms with Crippen molar-refractivity contribution in [2.75, 3.05) is 35.5 Å². The van der Waals surface area contributed by atoms with Gasteiger partial charge in [-0.3, -0.25) is 4.79 Å². The predicted molar refractivity (Wildman–Crippen MR) is 105 cm³/mol. The summed E-state index contributed by atoms with van der Waals surface area (Å²) in [6.45, 7) is 1.82. The Bertz CT molecular complexity index is 1060. The third-order valence-corrected chi connectivity index (χ3v) is 4.56. The van der Waals surface area contributed by atoms with Crippen LogP contribution in [0.5, 0.6) is 28.7 Å². The van der Waals surface area contributed by atoms with E-state index in [4.69, 9.17) is 28.1 Å². The number of rotatable bonds is 6. The molecule has 3 aromatic rings. The van der Waals surface area contributed by atoms with Crippen molar-refractivity contribution in [1.29, 1.82) is 0 Å². The van der Waals surface area contributed by atoms with Crippen molar-refractivity contribution in [3.8, 4) is 40.1 Å². The van der Waals surface area contributed by atoms with Crippen LogP contribution in [0.25, 0.3) is 22.3 Å². The zero-order chi connectivity index (χ0) is 20.4. The van der Waals surface area contributed by atoms with Gasteiger partial charge in [-0.1, -0.05) is 0 Å². The van der Waals surface area contributed by atoms with E-state index in [0.717, 1.165) is 0 Å². The van der Waals surface area contributed by atoms with Gasteiger partial charge in [0.1, 0.15) is 28.2 Å². The van der Waals surface area contributed by atoms with Crippen molar-refractivity contribution in [2.24, 2.45) is 0 Å². The maximum absolute atomic E-state index is 12.9. The van der Waals surface area contributed by atoms with Gasteiger partial charge in [0, 0.05) is 23.3 Å². The summed E-state index contributed by atoms with van der Waals surface area (Å²) < 4.78 is 33.0. The molecule has 0 aliphatic carbocycles. The molecule has 148 valence electrons. The van der Waals surface area contributed by atoms with Gasteiger partial charge in [0.15, 0.2) is 16.9 Å². The molecular formula is C21H22O7. The maximum Gasteiger partial charge on any atom is 0.203 e. The molecule has 0 fully saturated rings. The van der Waals surface area contributed by atoms with E-state index in [1.165, 1.54) is 34.5 Å². The van der Waals surface area contributed by atoms with Crippen LogP contribution in [-0.2, 0) is 0 Å². The van der Waals surface area contributed by atoms with Crippen LogP contribution in [0.4, 0.5) is 0 Å². The molecule has 0 spiro atoms. The van der Waals surface area contributed by atoms with Crippen molar-refractivity contribution >= 4 is 11.0 Å². The van der Waals surface area contributed by atoms with Gasteiger partial charge in [-0.25, -0.2) is 0 Å². The van der Waals surface area contributed by atoms with E-state index in [-0.39, 0.29) is 5.43 Å². The summed E-state index contributed by atoms with van der Waals surface area (Å²) in [6.07, 6.45) is 0. The number of fused-ring (bicyclic) bond motifs is 1. The van der Waals surface area contributed by atoms with E-state index < -0.39 is 0 Å². The predicted octanol–water partition coefficient (Wildman–Crippen LogP) is 3.81. The Morgan fingerprint density at radius 3 is 1.79 bits per heavy atom. The monoisotopic (exact) mass is 386 g/mol. The van der Waals surface area contributed by atoms with Gasteiger partial charge in [-0.05, 0) is 19.1 Å². The first-order valence-corrected chi connectivity index (χ1v) is 8.48. The number of hydrogen-bond acceptors (Lipinski definition) is 7. The first-order chi connectivity index (χ1) is 13.5. The van der Waals surface area contributed by atoms with Gasteiger partial charge in [0.2, 0.25) is 5.75 Å². The quantitative estimate of drug-likeness (QED) is 0.637. The van der Waals surface area contributed by atoms with Crippen LogP contribution >= 0.6 is 0 Å². The average Bonchev–Trinajstić information content (AvgIpc) is 2.72. The number of hydrogen-bond donors (Lipinski definition) is 0. The number of methoxy groups -OCH3 is 5. The first-order valence-electron chi connectivity index (χ1n) is 8.48. The van der Waals surface area contributed by atoms with Gasteiger partial charge in [-0.15, -0.1) is 0 Å². The lowest BCUT2D eigenvalue weighted by atomic mass is 10.1. The van der Waals surface area contributed by atoms with E-state index in [2.05, 4.69) is 0 Å². The van der Waals surface area contributed by atoms with Crippen LogP contribution < -0.4 is 29.1 Å². The molecule has 7 nitrogen and oxygen atoms in total. The molecule has 0 unspecified atom stereocenters. The van der Waals surface area contributed by atoms with Gasteiger partial charge in [0.25, 0.3) is 0 Å². The molecule has 2 aromatic carbocycles. The molecule has 0 amide bonds. The molecule has 28 heavy (non-hydrogen) atoms. The van der Waals surface area contributed by atoms with Gasteiger partial charge in [0.05, 0.1) is 35.5 Å². The summed E-state index contributed by atoms with van der Waals surface area (Å²) in [5, 5.41) is 0.358. The Labute approximate surface area is 162 Å². The van der Waals surface area contributed by atoms with E-state index in [0.29, 0.717) is 56.6 Å². The Morgan fingerprint density at radius 1 is 0.714 bits per heavy atom. The lowest BCUT2D eigenvalue weighted by molar-refractivity contribution is 0.324. The molecule has 3 rings (SSSR count). The molecule has 0 saturated carbocycles. The molecule has 0 aliphatic rings. The Kier molecular flexibility index (Phi) is 5.35. The minimum Gasteiger partial charge on any atom is -0.496 e. The lowest BCUT2D eigenvalue weighted by Crippen LogP contribution is -2.05. The molecule has 0 saturated heterocycles. The van der Waals surface area contributed by atoms with Gasteiger partial charge >= 0.3 is 0 Å². The van der Waals surface area contributed by atoms with Crippen LogP contribution in [0.3, 0.4) is 0 Å². The van der Waals surface area contributed by atoms with Crippen LogP contribution in [0.15, 0.2) is 33.5 Å². The van der Waals surface area contributed by atoms with Crippen molar-refractivity contribution in [1.82, 2.24) is 0 Å². The summed E-state index contributed by atoms with van der Waals surface area (Å²) >= 11 is 0. The first kappa shape index (κ1) is 19.4. The third-order valence-electron chi connectivity index (χ3n) is 4.56. The summed E-state index contributed by atoms with van der Waals surface area (Å²) in [4.78, 5) is 12.9. The molecule has 1 aromatic heterocycles. The minimum atomic E-state index is -0.229. The fourth-order valence-corrected chi connectivity index (χ4v) is 3.14. The van der Waals surface area contributed by atoms with E-state index >= 15 is 0 Å². The normalized spacial score (nSPS) is 10.6. The number of ether oxygens (including phenoxy) is 5. The van der Waals surface area contributed by atoms with Crippen LogP contribution in [0, 0.1) is 6.92 Å². The topological polar surface area (TPSA) is 76.4 Å². The number of aryl methyl sites for hydroxylation is 1. The Hall–Kier alpha value is -3.35. The minimum absolute atomic E-state index is 0.229. The molecule has 0 atom stereocenters. The van der Waals surface area contributed by atoms with Gasteiger partial charge in [-0.2, -0.15) is 0 Å². The second-order valence-corrected chi connectivity index (χ2v) is 6.00. The highest BCUT2D eigenvalue weighted by atomic mass is 16.5. The fourth-order valence-electron chi connectivity index (χ4n) is 3.14. The van der Waals surface area contributed by atoms with Crippen molar-refractivity contribution in [2.45, 2.75) is 6.92 Å². The zero-order valence-electron chi connectivity index (χ0n) is 16.7. The van der Waals surface area contributed by atoms with Crippen LogP contribution in [0.2, 0.25) is 0 Å². The Morgan fingerprint density at radius 2 is 1.29 bits per heavy atom. The average molecular weight is 386 g/mol. The molecule has 0 N–H and O–H groups in total. The second kappa shape index (κ2) is 7.72. The van der Waals surface area contributed by atoms with Crippen molar-refractivity contribution in [3.63, 3.8) is 0 Å². The van der Waals surface area contributed by atoms with Crippen LogP contribution in [-0.4, -0.2) is 35.5 Å². The highest BCUT2D eigenvalue weighted by Gasteiger charge is 2.20. The maximum atomic E-state index is 12.9. The summed E-state index contributed by atoms with van der Waals surface area (Å²) in [5.74, 6) is 2.68. The lowest BCUT2D eigenvalue weighted by Gasteiger charge is -2.15. The van der Waals surface area contributed by atoms with E-state index in [1.807, 2.05) is 6.92 Å². The Balaban J connectivity index is 2.34. The van der Waals surface area contributed by atoms with Crippen molar-refractivity contribution in [3.05, 3.63) is 40.1 Å². The standard InChI is InChI=1S/C21H22O7/c1-11-14(23-2)10-16(24-3)19-13(22)9-15(28-20(11)19)12-7-17(25-4)21(27-6)18(8-12)26-5/h7-10H,1-6H3. The van der Waals surface area contributed by atoms with Crippen LogP contribution in [0.1, 0.15) is 5.56 Å². The van der Waals surface area contributed by atoms with E-state index in [9.17, 15) is 4.79 Å². The molecule has 0 radical (unpaired) electrons. The molecule has 0 aliphatic heterocycles. The molecule has 0 bridgehead atoms. The summed E-state index contributed by atoms with van der Waals surface area (Å²) in [7, 11) is 7.62. The van der Waals surface area contributed by atoms with Gasteiger partial charge < -0.3 is 28.1 Å². The SMILES string of the molecule is COc1cc(-c2cc(=O)c3c(OC)cc(OC)c(C)c3o2)cc(OC)c1OC. The second-order valence-electron chi connectivity index (χ2n) is 6.00.